The van der Waals surface area contributed by atoms with Gasteiger partial charge in [0.05, 0.1) is 5.56 Å². The van der Waals surface area contributed by atoms with Crippen molar-refractivity contribution in [3.63, 3.8) is 0 Å². The lowest BCUT2D eigenvalue weighted by molar-refractivity contribution is 0.0948. The van der Waals surface area contributed by atoms with Gasteiger partial charge in [-0.3, -0.25) is 4.79 Å². The van der Waals surface area contributed by atoms with Gasteiger partial charge in [0.1, 0.15) is 5.75 Å². The van der Waals surface area contributed by atoms with E-state index in [9.17, 15) is 4.79 Å². The van der Waals surface area contributed by atoms with Gasteiger partial charge in [0.2, 0.25) is 0 Å². The third kappa shape index (κ3) is 4.84. The van der Waals surface area contributed by atoms with E-state index in [1.807, 2.05) is 53.9 Å². The highest BCUT2D eigenvalue weighted by molar-refractivity contribution is 7.99. The lowest BCUT2D eigenvalue weighted by Gasteiger charge is -2.10. The van der Waals surface area contributed by atoms with Crippen molar-refractivity contribution in [2.45, 2.75) is 18.4 Å². The molecule has 0 saturated heterocycles. The Labute approximate surface area is 155 Å². The Balaban J connectivity index is 1.59. The highest BCUT2D eigenvalue weighted by Gasteiger charge is 2.10. The van der Waals surface area contributed by atoms with Crippen LogP contribution in [0.1, 0.15) is 22.8 Å². The van der Waals surface area contributed by atoms with Gasteiger partial charge in [-0.15, -0.1) is 11.8 Å². The van der Waals surface area contributed by atoms with Crippen molar-refractivity contribution in [1.29, 1.82) is 0 Å². The monoisotopic (exact) mass is 370 g/mol. The van der Waals surface area contributed by atoms with Gasteiger partial charge < -0.3 is 10.1 Å². The van der Waals surface area contributed by atoms with E-state index >= 15 is 0 Å². The Morgan fingerprint density at radius 1 is 1.20 bits per heavy atom. The highest BCUT2D eigenvalue weighted by Crippen LogP contribution is 2.24. The first-order chi connectivity index (χ1) is 12.3. The van der Waals surface area contributed by atoms with Crippen LogP contribution in [-0.4, -0.2) is 16.6 Å². The summed E-state index contributed by atoms with van der Waals surface area (Å²) in [5.41, 5.74) is 1.73. The molecular formula is C19H18N2O2S2. The summed E-state index contributed by atoms with van der Waals surface area (Å²) in [5.74, 6) is 1.61. The molecule has 0 unspecified atom stereocenters. The Morgan fingerprint density at radius 3 is 2.72 bits per heavy atom. The molecule has 0 radical (unpaired) electrons. The fourth-order valence-corrected chi connectivity index (χ4v) is 3.56. The smallest absolute Gasteiger partial charge is 0.278 e. The van der Waals surface area contributed by atoms with Crippen molar-refractivity contribution in [2.75, 3.05) is 5.75 Å². The van der Waals surface area contributed by atoms with Crippen LogP contribution in [-0.2, 0) is 6.54 Å². The average Bonchev–Trinajstić information content (AvgIpc) is 3.15. The van der Waals surface area contributed by atoms with Gasteiger partial charge in [-0.1, -0.05) is 42.5 Å². The number of aromatic nitrogens is 1. The molecule has 0 fully saturated rings. The second-order valence-corrected chi connectivity index (χ2v) is 7.32. The second-order valence-electron chi connectivity index (χ2n) is 5.16. The molecule has 0 saturated carbocycles. The van der Waals surface area contributed by atoms with E-state index in [0.29, 0.717) is 11.7 Å². The molecule has 4 nitrogen and oxygen atoms in total. The molecule has 1 aromatic heterocycles. The molecule has 25 heavy (non-hydrogen) atoms. The van der Waals surface area contributed by atoms with Crippen molar-refractivity contribution in [3.05, 3.63) is 71.2 Å². The van der Waals surface area contributed by atoms with Crippen molar-refractivity contribution in [1.82, 2.24) is 10.3 Å². The molecule has 3 rings (SSSR count). The van der Waals surface area contributed by atoms with Crippen molar-refractivity contribution < 1.29 is 9.53 Å². The molecule has 2 aromatic carbocycles. The second kappa shape index (κ2) is 8.69. The molecular weight excluding hydrogens is 352 g/mol. The molecule has 0 aliphatic heterocycles. The summed E-state index contributed by atoms with van der Waals surface area (Å²) in [6, 6.07) is 15.3. The first kappa shape index (κ1) is 17.5. The molecule has 1 N–H and O–H groups in total. The van der Waals surface area contributed by atoms with Crippen molar-refractivity contribution in [2.24, 2.45) is 0 Å². The number of amides is 1. The maximum atomic E-state index is 12.4. The number of thioether (sulfide) groups is 1. The van der Waals surface area contributed by atoms with E-state index in [1.54, 1.807) is 18.0 Å². The van der Waals surface area contributed by atoms with Gasteiger partial charge in [-0.2, -0.15) is 0 Å². The van der Waals surface area contributed by atoms with E-state index < -0.39 is 0 Å². The SMILES string of the molecule is CCSc1ccccc1C(=O)NCc1ccc(Oc2nccs2)cc1. The van der Waals surface area contributed by atoms with Crippen LogP contribution >= 0.6 is 23.1 Å². The Bertz CT molecular complexity index is 818. The van der Waals surface area contributed by atoms with Gasteiger partial charge >= 0.3 is 0 Å². The molecule has 6 heteroatoms. The zero-order valence-electron chi connectivity index (χ0n) is 13.8. The Hall–Kier alpha value is -2.31. The Morgan fingerprint density at radius 2 is 2.00 bits per heavy atom. The molecule has 0 aliphatic rings. The number of hydrogen-bond donors (Lipinski definition) is 1. The molecule has 1 heterocycles. The van der Waals surface area contributed by atoms with Gasteiger partial charge in [0.15, 0.2) is 0 Å². The van der Waals surface area contributed by atoms with Crippen LogP contribution in [0.3, 0.4) is 0 Å². The average molecular weight is 370 g/mol. The van der Waals surface area contributed by atoms with Crippen LogP contribution in [0, 0.1) is 0 Å². The molecule has 0 aliphatic carbocycles. The predicted molar refractivity (Wildman–Crippen MR) is 103 cm³/mol. The molecule has 128 valence electrons. The van der Waals surface area contributed by atoms with Crippen LogP contribution in [0.5, 0.6) is 10.9 Å². The number of thiazole rings is 1. The standard InChI is InChI=1S/C19H18N2O2S2/c1-2-24-17-6-4-3-5-16(17)18(22)21-13-14-7-9-15(10-8-14)23-19-20-11-12-25-19/h3-12H,2,13H2,1H3,(H,21,22). The number of hydrogen-bond acceptors (Lipinski definition) is 5. The fourth-order valence-electron chi connectivity index (χ4n) is 2.25. The van der Waals surface area contributed by atoms with Crippen molar-refractivity contribution in [3.8, 4) is 10.9 Å². The van der Waals surface area contributed by atoms with Crippen LogP contribution < -0.4 is 10.1 Å². The van der Waals surface area contributed by atoms with Crippen molar-refractivity contribution >= 4 is 29.0 Å². The van der Waals surface area contributed by atoms with Gasteiger partial charge in [0, 0.05) is 23.0 Å². The topological polar surface area (TPSA) is 51.2 Å². The molecule has 0 bridgehead atoms. The Kier molecular flexibility index (Phi) is 6.09. The van der Waals surface area contributed by atoms with Crippen LogP contribution in [0.2, 0.25) is 0 Å². The number of benzene rings is 2. The van der Waals surface area contributed by atoms with Crippen LogP contribution in [0.4, 0.5) is 0 Å². The largest absolute Gasteiger partial charge is 0.431 e. The van der Waals surface area contributed by atoms with Gasteiger partial charge in [-0.25, -0.2) is 4.98 Å². The van der Waals surface area contributed by atoms with E-state index in [-0.39, 0.29) is 5.91 Å². The summed E-state index contributed by atoms with van der Waals surface area (Å²) in [5, 5.41) is 5.46. The predicted octanol–water partition coefficient (Wildman–Crippen LogP) is 4.98. The zero-order chi connectivity index (χ0) is 17.5. The summed E-state index contributed by atoms with van der Waals surface area (Å²) in [6.45, 7) is 2.55. The summed E-state index contributed by atoms with van der Waals surface area (Å²) >= 11 is 3.12. The first-order valence-corrected chi connectivity index (χ1v) is 9.79. The lowest BCUT2D eigenvalue weighted by atomic mass is 10.2. The number of carbonyl (C=O) groups is 1. The minimum atomic E-state index is -0.0559. The summed E-state index contributed by atoms with van der Waals surface area (Å²) in [4.78, 5) is 17.5. The van der Waals surface area contributed by atoms with Gasteiger partial charge in [0.25, 0.3) is 11.1 Å². The first-order valence-electron chi connectivity index (χ1n) is 7.92. The number of rotatable bonds is 7. The summed E-state index contributed by atoms with van der Waals surface area (Å²) < 4.78 is 5.63. The third-order valence-electron chi connectivity index (χ3n) is 3.42. The van der Waals surface area contributed by atoms with E-state index in [4.69, 9.17) is 4.74 Å². The molecule has 1 amide bonds. The summed E-state index contributed by atoms with van der Waals surface area (Å²) in [6.07, 6.45) is 1.71. The zero-order valence-corrected chi connectivity index (χ0v) is 15.4. The third-order valence-corrected chi connectivity index (χ3v) is 5.03. The maximum absolute atomic E-state index is 12.4. The van der Waals surface area contributed by atoms with Crippen LogP contribution in [0.15, 0.2) is 65.0 Å². The molecule has 0 spiro atoms. The lowest BCUT2D eigenvalue weighted by Crippen LogP contribution is -2.23. The quantitative estimate of drug-likeness (QED) is 0.596. The number of carbonyl (C=O) groups excluding carboxylic acids is 1. The number of ether oxygens (including phenoxy) is 1. The van der Waals surface area contributed by atoms with E-state index in [0.717, 1.165) is 27.5 Å². The molecule has 0 atom stereocenters. The normalized spacial score (nSPS) is 10.4. The maximum Gasteiger partial charge on any atom is 0.278 e. The minimum absolute atomic E-state index is 0.0559. The van der Waals surface area contributed by atoms with E-state index in [2.05, 4.69) is 17.2 Å². The minimum Gasteiger partial charge on any atom is -0.431 e. The number of nitrogens with one attached hydrogen (secondary N) is 1. The summed E-state index contributed by atoms with van der Waals surface area (Å²) in [7, 11) is 0. The fraction of sp³-hybridized carbons (Fsp3) is 0.158. The van der Waals surface area contributed by atoms with Gasteiger partial charge in [-0.05, 0) is 35.6 Å². The molecule has 3 aromatic rings. The van der Waals surface area contributed by atoms with E-state index in [1.165, 1.54) is 11.3 Å². The highest BCUT2D eigenvalue weighted by atomic mass is 32.2. The van der Waals surface area contributed by atoms with Crippen LogP contribution in [0.25, 0.3) is 0 Å². The number of nitrogens with zero attached hydrogens (tertiary/aromatic N) is 1.